The van der Waals surface area contributed by atoms with Gasteiger partial charge in [0.25, 0.3) is 0 Å². The second-order valence-electron chi connectivity index (χ2n) is 7.61. The fraction of sp³-hybridized carbons (Fsp3) is 0.476. The zero-order valence-electron chi connectivity index (χ0n) is 17.1. The quantitative estimate of drug-likeness (QED) is 0.721. The van der Waals surface area contributed by atoms with E-state index >= 15 is 0 Å². The number of ether oxygens (including phenoxy) is 1. The summed E-state index contributed by atoms with van der Waals surface area (Å²) in [4.78, 5) is 8.97. The van der Waals surface area contributed by atoms with Crippen LogP contribution < -0.4 is 14.5 Å². The standard InChI is InChI=1S/C21H27FN4O3S/c1-29-20-15-17(22)5-7-19(20)24-11-13-25(14-12-24)21-8-6-18(16-23-21)30(27,28)26-9-3-2-4-10-26/h5-8,15-16H,2-4,9-14H2,1H3. The largest absolute Gasteiger partial charge is 0.494 e. The molecule has 30 heavy (non-hydrogen) atoms. The van der Waals surface area contributed by atoms with Gasteiger partial charge in [0.05, 0.1) is 12.8 Å². The van der Waals surface area contributed by atoms with Gasteiger partial charge in [-0.15, -0.1) is 0 Å². The van der Waals surface area contributed by atoms with Gasteiger partial charge < -0.3 is 14.5 Å². The summed E-state index contributed by atoms with van der Waals surface area (Å²) in [6.07, 6.45) is 4.37. The van der Waals surface area contributed by atoms with Crippen LogP contribution in [0.15, 0.2) is 41.4 Å². The van der Waals surface area contributed by atoms with E-state index in [1.807, 2.05) is 0 Å². The fourth-order valence-corrected chi connectivity index (χ4v) is 5.52. The summed E-state index contributed by atoms with van der Waals surface area (Å²) in [5, 5.41) is 0. The second kappa shape index (κ2) is 8.77. The van der Waals surface area contributed by atoms with Gasteiger partial charge in [-0.2, -0.15) is 4.31 Å². The lowest BCUT2D eigenvalue weighted by molar-refractivity contribution is 0.346. The van der Waals surface area contributed by atoms with Crippen LogP contribution >= 0.6 is 0 Å². The molecule has 0 aliphatic carbocycles. The molecule has 2 aliphatic rings. The van der Waals surface area contributed by atoms with Crippen molar-refractivity contribution in [2.45, 2.75) is 24.2 Å². The Morgan fingerprint density at radius 1 is 0.933 bits per heavy atom. The highest BCUT2D eigenvalue weighted by atomic mass is 32.2. The van der Waals surface area contributed by atoms with Crippen molar-refractivity contribution in [1.29, 1.82) is 0 Å². The Bertz CT molecular complexity index is 970. The van der Waals surface area contributed by atoms with Crippen molar-refractivity contribution in [2.75, 3.05) is 56.2 Å². The molecule has 0 unspecified atom stereocenters. The summed E-state index contributed by atoms with van der Waals surface area (Å²) in [6, 6.07) is 8.01. The number of halogens is 1. The van der Waals surface area contributed by atoms with Crippen LogP contribution in [0.1, 0.15) is 19.3 Å². The molecule has 2 saturated heterocycles. The molecule has 9 heteroatoms. The summed E-state index contributed by atoms with van der Waals surface area (Å²) in [5.41, 5.74) is 0.870. The minimum Gasteiger partial charge on any atom is -0.494 e. The summed E-state index contributed by atoms with van der Waals surface area (Å²) >= 11 is 0. The Hall–Kier alpha value is -2.39. The van der Waals surface area contributed by atoms with Crippen LogP contribution in [0, 0.1) is 5.82 Å². The van der Waals surface area contributed by atoms with E-state index in [1.165, 1.54) is 25.4 Å². The number of piperazine rings is 1. The van der Waals surface area contributed by atoms with E-state index in [2.05, 4.69) is 14.8 Å². The van der Waals surface area contributed by atoms with E-state index in [0.29, 0.717) is 18.8 Å². The molecule has 2 aromatic rings. The maximum absolute atomic E-state index is 13.5. The van der Waals surface area contributed by atoms with Crippen LogP contribution in [0.2, 0.25) is 0 Å². The van der Waals surface area contributed by atoms with Gasteiger partial charge in [0.15, 0.2) is 0 Å². The van der Waals surface area contributed by atoms with Crippen LogP contribution in [0.5, 0.6) is 5.75 Å². The third-order valence-corrected chi connectivity index (χ3v) is 7.64. The fourth-order valence-electron chi connectivity index (χ4n) is 4.06. The first-order valence-corrected chi connectivity index (χ1v) is 11.7. The average molecular weight is 435 g/mol. The van der Waals surface area contributed by atoms with Crippen LogP contribution in [0.4, 0.5) is 15.9 Å². The lowest BCUT2D eigenvalue weighted by Gasteiger charge is -2.37. The van der Waals surface area contributed by atoms with E-state index in [1.54, 1.807) is 22.5 Å². The summed E-state index contributed by atoms with van der Waals surface area (Å²) in [5.74, 6) is 0.963. The van der Waals surface area contributed by atoms with Crippen LogP contribution in [-0.4, -0.2) is 64.1 Å². The molecule has 0 radical (unpaired) electrons. The molecule has 0 bridgehead atoms. The predicted molar refractivity (Wildman–Crippen MR) is 114 cm³/mol. The highest BCUT2D eigenvalue weighted by Gasteiger charge is 2.27. The number of piperidine rings is 1. The first kappa shape index (κ1) is 20.9. The first-order valence-electron chi connectivity index (χ1n) is 10.3. The number of rotatable bonds is 5. The number of pyridine rings is 1. The van der Waals surface area contributed by atoms with Crippen molar-refractivity contribution in [2.24, 2.45) is 0 Å². The minimum absolute atomic E-state index is 0.253. The Kier molecular flexibility index (Phi) is 6.10. The van der Waals surface area contributed by atoms with E-state index in [0.717, 1.165) is 56.9 Å². The third-order valence-electron chi connectivity index (χ3n) is 5.76. The zero-order valence-corrected chi connectivity index (χ0v) is 17.9. The molecule has 1 aromatic heterocycles. The molecule has 0 amide bonds. The molecule has 0 N–H and O–H groups in total. The van der Waals surface area contributed by atoms with E-state index in [-0.39, 0.29) is 10.7 Å². The van der Waals surface area contributed by atoms with E-state index < -0.39 is 10.0 Å². The second-order valence-corrected chi connectivity index (χ2v) is 9.55. The SMILES string of the molecule is COc1cc(F)ccc1N1CCN(c2ccc(S(=O)(=O)N3CCCCC3)cn2)CC1. The number of hydrogen-bond acceptors (Lipinski definition) is 6. The first-order chi connectivity index (χ1) is 14.5. The van der Waals surface area contributed by atoms with Gasteiger partial charge in [-0.3, -0.25) is 0 Å². The molecule has 0 atom stereocenters. The maximum Gasteiger partial charge on any atom is 0.244 e. The van der Waals surface area contributed by atoms with Crippen molar-refractivity contribution in [3.63, 3.8) is 0 Å². The van der Waals surface area contributed by atoms with Gasteiger partial charge >= 0.3 is 0 Å². The van der Waals surface area contributed by atoms with Crippen LogP contribution in [0.25, 0.3) is 0 Å². The smallest absolute Gasteiger partial charge is 0.244 e. The number of aromatic nitrogens is 1. The van der Waals surface area contributed by atoms with Crippen molar-refractivity contribution >= 4 is 21.5 Å². The Morgan fingerprint density at radius 3 is 2.27 bits per heavy atom. The molecule has 3 heterocycles. The van der Waals surface area contributed by atoms with Crippen molar-refractivity contribution < 1.29 is 17.5 Å². The molecular formula is C21H27FN4O3S. The normalized spacial score (nSPS) is 18.5. The summed E-state index contributed by atoms with van der Waals surface area (Å²) in [6.45, 7) is 4.09. The monoisotopic (exact) mass is 434 g/mol. The van der Waals surface area contributed by atoms with Gasteiger partial charge in [0.2, 0.25) is 10.0 Å². The Morgan fingerprint density at radius 2 is 1.63 bits per heavy atom. The third kappa shape index (κ3) is 4.22. The lowest BCUT2D eigenvalue weighted by atomic mass is 10.2. The average Bonchev–Trinajstić information content (AvgIpc) is 2.80. The molecule has 1 aromatic carbocycles. The van der Waals surface area contributed by atoms with Gasteiger partial charge in [-0.25, -0.2) is 17.8 Å². The number of sulfonamides is 1. The predicted octanol–water partition coefficient (Wildman–Crippen LogP) is 2.73. The number of hydrogen-bond donors (Lipinski definition) is 0. The molecule has 4 rings (SSSR count). The Labute approximate surface area is 177 Å². The molecule has 162 valence electrons. The molecule has 0 saturated carbocycles. The van der Waals surface area contributed by atoms with E-state index in [9.17, 15) is 12.8 Å². The Balaban J connectivity index is 1.42. The number of anilines is 2. The van der Waals surface area contributed by atoms with Gasteiger partial charge in [-0.1, -0.05) is 6.42 Å². The molecule has 7 nitrogen and oxygen atoms in total. The van der Waals surface area contributed by atoms with Crippen molar-refractivity contribution in [1.82, 2.24) is 9.29 Å². The molecular weight excluding hydrogens is 407 g/mol. The summed E-state index contributed by atoms with van der Waals surface area (Å²) in [7, 11) is -1.93. The molecule has 2 fully saturated rings. The zero-order chi connectivity index (χ0) is 21.1. The van der Waals surface area contributed by atoms with Gasteiger partial charge in [0, 0.05) is 51.5 Å². The van der Waals surface area contributed by atoms with Gasteiger partial charge in [-0.05, 0) is 37.1 Å². The molecule has 0 spiro atoms. The van der Waals surface area contributed by atoms with Gasteiger partial charge in [0.1, 0.15) is 22.3 Å². The van der Waals surface area contributed by atoms with Crippen LogP contribution in [-0.2, 0) is 10.0 Å². The van der Waals surface area contributed by atoms with Crippen LogP contribution in [0.3, 0.4) is 0 Å². The number of nitrogens with zero attached hydrogens (tertiary/aromatic N) is 4. The summed E-state index contributed by atoms with van der Waals surface area (Å²) < 4.78 is 45.9. The highest BCUT2D eigenvalue weighted by Crippen LogP contribution is 2.30. The van der Waals surface area contributed by atoms with Crippen molar-refractivity contribution in [3.8, 4) is 5.75 Å². The topological polar surface area (TPSA) is 66.0 Å². The number of benzene rings is 1. The van der Waals surface area contributed by atoms with E-state index in [4.69, 9.17) is 4.74 Å². The van der Waals surface area contributed by atoms with Crippen molar-refractivity contribution in [3.05, 3.63) is 42.3 Å². The minimum atomic E-state index is -3.47. The highest BCUT2D eigenvalue weighted by molar-refractivity contribution is 7.89. The maximum atomic E-state index is 13.5. The number of methoxy groups -OCH3 is 1. The lowest BCUT2D eigenvalue weighted by Crippen LogP contribution is -2.47. The molecule has 2 aliphatic heterocycles.